The van der Waals surface area contributed by atoms with E-state index >= 15 is 0 Å². The van der Waals surface area contributed by atoms with Crippen LogP contribution in [0, 0.1) is 0 Å². The lowest BCUT2D eigenvalue weighted by Gasteiger charge is -2.28. The lowest BCUT2D eigenvalue weighted by Crippen LogP contribution is -2.32. The minimum absolute atomic E-state index is 0.264. The fourth-order valence-corrected chi connectivity index (χ4v) is 4.13. The molecule has 1 fully saturated rings. The zero-order valence-corrected chi connectivity index (χ0v) is 16.9. The van der Waals surface area contributed by atoms with Gasteiger partial charge in [0.1, 0.15) is 12.3 Å². The molecule has 1 amide bonds. The highest BCUT2D eigenvalue weighted by atomic mass is 16.6. The van der Waals surface area contributed by atoms with Gasteiger partial charge in [-0.2, -0.15) is 0 Å². The number of anilines is 1. The number of amides is 1. The first kappa shape index (κ1) is 19.3. The number of aromatic amines is 1. The lowest BCUT2D eigenvalue weighted by molar-refractivity contribution is 0.104. The Labute approximate surface area is 171 Å². The molecule has 1 aliphatic rings. The minimum atomic E-state index is -0.264. The van der Waals surface area contributed by atoms with E-state index in [1.165, 1.54) is 23.9 Å². The van der Waals surface area contributed by atoms with Crippen molar-refractivity contribution in [2.24, 2.45) is 0 Å². The second-order valence-electron chi connectivity index (χ2n) is 7.66. The van der Waals surface area contributed by atoms with Crippen LogP contribution in [0.5, 0.6) is 0 Å². The van der Waals surface area contributed by atoms with Gasteiger partial charge in [0, 0.05) is 49.6 Å². The fourth-order valence-electron chi connectivity index (χ4n) is 4.13. The van der Waals surface area contributed by atoms with Crippen molar-refractivity contribution in [3.8, 4) is 0 Å². The van der Waals surface area contributed by atoms with Crippen molar-refractivity contribution in [2.75, 3.05) is 25.0 Å². The summed E-state index contributed by atoms with van der Waals surface area (Å²) in [6.07, 6.45) is 7.97. The van der Waals surface area contributed by atoms with Gasteiger partial charge in [0.2, 0.25) is 0 Å². The molecule has 1 atom stereocenters. The fraction of sp³-hybridized carbons (Fsp3) is 0.391. The first-order valence-corrected chi connectivity index (χ1v) is 10.3. The van der Waals surface area contributed by atoms with E-state index in [4.69, 9.17) is 4.74 Å². The van der Waals surface area contributed by atoms with Gasteiger partial charge >= 0.3 is 6.09 Å². The summed E-state index contributed by atoms with van der Waals surface area (Å²) in [7, 11) is 1.81. The van der Waals surface area contributed by atoms with E-state index in [-0.39, 0.29) is 6.09 Å². The Morgan fingerprint density at radius 3 is 3.00 bits per heavy atom. The van der Waals surface area contributed by atoms with Crippen LogP contribution in [-0.2, 0) is 11.3 Å². The van der Waals surface area contributed by atoms with Crippen LogP contribution in [-0.4, -0.2) is 47.1 Å². The normalized spacial score (nSPS) is 16.3. The van der Waals surface area contributed by atoms with E-state index in [2.05, 4.69) is 27.0 Å². The smallest absolute Gasteiger partial charge is 0.409 e. The number of nitrogens with zero attached hydrogens (tertiary/aromatic N) is 3. The van der Waals surface area contributed by atoms with Crippen LogP contribution in [0.2, 0.25) is 0 Å². The summed E-state index contributed by atoms with van der Waals surface area (Å²) in [5, 5.41) is 1.18. The van der Waals surface area contributed by atoms with Crippen molar-refractivity contribution in [3.63, 3.8) is 0 Å². The molecule has 1 saturated heterocycles. The Bertz CT molecular complexity index is 940. The Morgan fingerprint density at radius 2 is 2.14 bits per heavy atom. The van der Waals surface area contributed by atoms with Gasteiger partial charge in [-0.25, -0.2) is 9.78 Å². The van der Waals surface area contributed by atoms with Crippen LogP contribution in [0.3, 0.4) is 0 Å². The Morgan fingerprint density at radius 1 is 1.28 bits per heavy atom. The molecule has 2 aromatic heterocycles. The molecule has 1 N–H and O–H groups in total. The highest BCUT2D eigenvalue weighted by Crippen LogP contribution is 2.32. The van der Waals surface area contributed by atoms with E-state index in [0.717, 1.165) is 30.6 Å². The lowest BCUT2D eigenvalue weighted by atomic mass is 10.1. The van der Waals surface area contributed by atoms with Crippen LogP contribution in [0.15, 0.2) is 54.9 Å². The molecule has 1 aromatic carbocycles. The summed E-state index contributed by atoms with van der Waals surface area (Å²) >= 11 is 0. The zero-order valence-electron chi connectivity index (χ0n) is 16.9. The van der Waals surface area contributed by atoms with E-state index < -0.39 is 0 Å². The molecule has 1 unspecified atom stereocenters. The predicted octanol–water partition coefficient (Wildman–Crippen LogP) is 4.58. The number of benzene rings is 1. The first-order valence-electron chi connectivity index (χ1n) is 10.3. The molecular weight excluding hydrogens is 364 g/mol. The third-order valence-corrected chi connectivity index (χ3v) is 5.67. The molecule has 6 nitrogen and oxygen atoms in total. The quantitative estimate of drug-likeness (QED) is 0.639. The van der Waals surface area contributed by atoms with Crippen molar-refractivity contribution < 1.29 is 9.53 Å². The van der Waals surface area contributed by atoms with Gasteiger partial charge in [0.25, 0.3) is 0 Å². The highest BCUT2D eigenvalue weighted by molar-refractivity contribution is 5.90. The van der Waals surface area contributed by atoms with Crippen molar-refractivity contribution in [3.05, 3.63) is 60.4 Å². The number of hydrogen-bond donors (Lipinski definition) is 1. The third-order valence-electron chi connectivity index (χ3n) is 5.67. The van der Waals surface area contributed by atoms with Gasteiger partial charge in [0.05, 0.1) is 0 Å². The molecule has 0 spiro atoms. The number of carbonyl (C=O) groups is 1. The maximum Gasteiger partial charge on any atom is 0.409 e. The number of hydrogen-bond acceptors (Lipinski definition) is 4. The molecule has 4 rings (SSSR count). The SMILES string of the molecule is CN(CCCC1CCCN1c1ccnc2[nH]ccc12)C(=O)OCc1ccccc1. The summed E-state index contributed by atoms with van der Waals surface area (Å²) in [4.78, 5) is 24.0. The Hall–Kier alpha value is -3.02. The average Bonchev–Trinajstić information content (AvgIpc) is 3.42. The van der Waals surface area contributed by atoms with Gasteiger partial charge in [-0.05, 0) is 43.4 Å². The molecule has 0 bridgehead atoms. The number of fused-ring (bicyclic) bond motifs is 1. The summed E-state index contributed by atoms with van der Waals surface area (Å²) in [5.41, 5.74) is 3.20. The van der Waals surface area contributed by atoms with Gasteiger partial charge in [-0.1, -0.05) is 30.3 Å². The van der Waals surface area contributed by atoms with Crippen molar-refractivity contribution in [2.45, 2.75) is 38.3 Å². The number of rotatable bonds is 7. The molecule has 0 saturated carbocycles. The Balaban J connectivity index is 1.27. The number of carbonyl (C=O) groups excluding carboxylic acids is 1. The van der Waals surface area contributed by atoms with Gasteiger partial charge < -0.3 is 19.5 Å². The monoisotopic (exact) mass is 392 g/mol. The van der Waals surface area contributed by atoms with Gasteiger partial charge in [-0.3, -0.25) is 0 Å². The van der Waals surface area contributed by atoms with E-state index in [0.29, 0.717) is 19.2 Å². The van der Waals surface area contributed by atoms with Gasteiger partial charge in [-0.15, -0.1) is 0 Å². The number of nitrogens with one attached hydrogen (secondary N) is 1. The molecule has 3 aromatic rings. The summed E-state index contributed by atoms with van der Waals surface area (Å²) < 4.78 is 5.41. The van der Waals surface area contributed by atoms with Gasteiger partial charge in [0.15, 0.2) is 0 Å². The molecule has 1 aliphatic heterocycles. The van der Waals surface area contributed by atoms with Crippen molar-refractivity contribution in [1.29, 1.82) is 0 Å². The summed E-state index contributed by atoms with van der Waals surface area (Å²) in [5.74, 6) is 0. The predicted molar refractivity (Wildman–Crippen MR) is 115 cm³/mol. The van der Waals surface area contributed by atoms with Crippen LogP contribution >= 0.6 is 0 Å². The van der Waals surface area contributed by atoms with Crippen LogP contribution < -0.4 is 4.90 Å². The Kier molecular flexibility index (Phi) is 5.98. The average molecular weight is 393 g/mol. The van der Waals surface area contributed by atoms with Crippen LogP contribution in [0.4, 0.5) is 10.5 Å². The summed E-state index contributed by atoms with van der Waals surface area (Å²) in [6.45, 7) is 2.09. The molecule has 29 heavy (non-hydrogen) atoms. The largest absolute Gasteiger partial charge is 0.445 e. The number of ether oxygens (including phenoxy) is 1. The molecular formula is C23H28N4O2. The molecule has 3 heterocycles. The van der Waals surface area contributed by atoms with Crippen LogP contribution in [0.1, 0.15) is 31.2 Å². The number of pyridine rings is 1. The zero-order chi connectivity index (χ0) is 20.1. The van der Waals surface area contributed by atoms with E-state index in [1.54, 1.807) is 4.90 Å². The second-order valence-corrected chi connectivity index (χ2v) is 7.66. The van der Waals surface area contributed by atoms with Crippen LogP contribution in [0.25, 0.3) is 11.0 Å². The third kappa shape index (κ3) is 4.53. The first-order chi connectivity index (χ1) is 14.2. The van der Waals surface area contributed by atoms with Crippen molar-refractivity contribution >= 4 is 22.8 Å². The van der Waals surface area contributed by atoms with E-state index in [1.807, 2.05) is 49.8 Å². The number of H-pyrrole nitrogens is 1. The molecule has 0 aliphatic carbocycles. The van der Waals surface area contributed by atoms with E-state index in [9.17, 15) is 4.79 Å². The highest BCUT2D eigenvalue weighted by Gasteiger charge is 2.26. The number of aromatic nitrogens is 2. The second kappa shape index (κ2) is 8.99. The molecule has 6 heteroatoms. The maximum atomic E-state index is 12.2. The molecule has 152 valence electrons. The van der Waals surface area contributed by atoms with Crippen molar-refractivity contribution in [1.82, 2.24) is 14.9 Å². The minimum Gasteiger partial charge on any atom is -0.445 e. The topological polar surface area (TPSA) is 61.5 Å². The summed E-state index contributed by atoms with van der Waals surface area (Å²) in [6, 6.07) is 14.5. The standard InChI is InChI=1S/C23H28N4O2/c1-26(23(28)29-17-18-7-3-2-4-8-18)15-5-9-19-10-6-16-27(19)21-12-14-25-22-20(21)11-13-24-22/h2-4,7-8,11-14,19H,5-6,9-10,15-17H2,1H3,(H,24,25). The molecule has 0 radical (unpaired) electrons. The maximum absolute atomic E-state index is 12.2.